The molecule has 7 nitrogen and oxygen atoms in total. The highest BCUT2D eigenvalue weighted by molar-refractivity contribution is 7.89. The van der Waals surface area contributed by atoms with E-state index in [4.69, 9.17) is 20.9 Å². The highest BCUT2D eigenvalue weighted by atomic mass is 35.5. The van der Waals surface area contributed by atoms with E-state index in [0.29, 0.717) is 17.5 Å². The molecule has 0 aliphatic heterocycles. The molecule has 2 heterocycles. The lowest BCUT2D eigenvalue weighted by molar-refractivity contribution is 0.379. The van der Waals surface area contributed by atoms with Crippen LogP contribution in [0.3, 0.4) is 0 Å². The third kappa shape index (κ3) is 4.18. The summed E-state index contributed by atoms with van der Waals surface area (Å²) < 4.78 is 37.2. The van der Waals surface area contributed by atoms with Gasteiger partial charge in [-0.2, -0.15) is 4.98 Å². The van der Waals surface area contributed by atoms with Crippen LogP contribution in [0.15, 0.2) is 45.1 Å². The average molecular weight is 400 g/mol. The van der Waals surface area contributed by atoms with Crippen LogP contribution in [0.5, 0.6) is 5.75 Å². The first-order valence-corrected chi connectivity index (χ1v) is 9.93. The molecular formula is C15H14ClN3O4S2. The molecule has 0 aliphatic rings. The van der Waals surface area contributed by atoms with Crippen molar-refractivity contribution in [3.05, 3.63) is 46.6 Å². The lowest BCUT2D eigenvalue weighted by atomic mass is 10.3. The van der Waals surface area contributed by atoms with Crippen LogP contribution in [0.1, 0.15) is 5.89 Å². The Hall–Kier alpha value is -1.94. The molecule has 0 fully saturated rings. The zero-order valence-corrected chi connectivity index (χ0v) is 15.5. The fourth-order valence-electron chi connectivity index (χ4n) is 2.05. The molecule has 0 saturated carbocycles. The Morgan fingerprint density at radius 2 is 2.20 bits per heavy atom. The number of rotatable bonds is 7. The Morgan fingerprint density at radius 1 is 1.36 bits per heavy atom. The zero-order valence-electron chi connectivity index (χ0n) is 13.1. The summed E-state index contributed by atoms with van der Waals surface area (Å²) in [7, 11) is -2.23. The van der Waals surface area contributed by atoms with E-state index < -0.39 is 10.0 Å². The summed E-state index contributed by atoms with van der Waals surface area (Å²) in [5, 5.41) is 6.02. The van der Waals surface area contributed by atoms with Crippen molar-refractivity contribution >= 4 is 33.0 Å². The third-order valence-corrected chi connectivity index (χ3v) is 5.89. The Morgan fingerprint density at radius 3 is 2.88 bits per heavy atom. The monoisotopic (exact) mass is 399 g/mol. The molecule has 0 saturated heterocycles. The van der Waals surface area contributed by atoms with Gasteiger partial charge in [-0.05, 0) is 29.6 Å². The molecule has 3 rings (SSSR count). The first-order valence-electron chi connectivity index (χ1n) is 7.19. The van der Waals surface area contributed by atoms with Crippen molar-refractivity contribution in [2.45, 2.75) is 11.3 Å². The van der Waals surface area contributed by atoms with Gasteiger partial charge in [0.05, 0.1) is 21.9 Å². The second kappa shape index (κ2) is 7.52. The lowest BCUT2D eigenvalue weighted by Gasteiger charge is -2.08. The number of hydrogen-bond acceptors (Lipinski definition) is 7. The van der Waals surface area contributed by atoms with Crippen molar-refractivity contribution < 1.29 is 17.7 Å². The zero-order chi connectivity index (χ0) is 17.9. The van der Waals surface area contributed by atoms with E-state index in [1.807, 2.05) is 17.5 Å². The molecule has 0 aliphatic carbocycles. The molecule has 132 valence electrons. The number of aromatic nitrogens is 2. The average Bonchev–Trinajstić information content (AvgIpc) is 3.26. The molecule has 0 amide bonds. The summed E-state index contributed by atoms with van der Waals surface area (Å²) in [4.78, 5) is 5.19. The predicted molar refractivity (Wildman–Crippen MR) is 94.5 cm³/mol. The van der Waals surface area contributed by atoms with Crippen LogP contribution in [0.2, 0.25) is 5.02 Å². The van der Waals surface area contributed by atoms with Gasteiger partial charge in [0.25, 0.3) is 0 Å². The van der Waals surface area contributed by atoms with Gasteiger partial charge in [-0.15, -0.1) is 11.3 Å². The van der Waals surface area contributed by atoms with Gasteiger partial charge >= 0.3 is 0 Å². The molecule has 0 unspecified atom stereocenters. The highest BCUT2D eigenvalue weighted by Crippen LogP contribution is 2.26. The summed E-state index contributed by atoms with van der Waals surface area (Å²) in [6.45, 7) is 0.123. The number of nitrogens with zero attached hydrogens (tertiary/aromatic N) is 2. The number of benzene rings is 1. The van der Waals surface area contributed by atoms with Crippen molar-refractivity contribution in [1.82, 2.24) is 14.9 Å². The van der Waals surface area contributed by atoms with Crippen LogP contribution in [0.4, 0.5) is 0 Å². The molecule has 1 N–H and O–H groups in total. The molecule has 2 aromatic heterocycles. The fraction of sp³-hybridized carbons (Fsp3) is 0.200. The van der Waals surface area contributed by atoms with E-state index in [1.165, 1.54) is 36.6 Å². The van der Waals surface area contributed by atoms with Gasteiger partial charge in [-0.25, -0.2) is 13.1 Å². The van der Waals surface area contributed by atoms with Crippen LogP contribution in [0.25, 0.3) is 10.7 Å². The number of methoxy groups -OCH3 is 1. The summed E-state index contributed by atoms with van der Waals surface area (Å²) in [6, 6.07) is 8.04. The third-order valence-electron chi connectivity index (χ3n) is 3.27. The van der Waals surface area contributed by atoms with Crippen LogP contribution >= 0.6 is 22.9 Å². The maximum absolute atomic E-state index is 12.3. The number of hydrogen-bond donors (Lipinski definition) is 1. The summed E-state index contributed by atoms with van der Waals surface area (Å²) >= 11 is 7.47. The van der Waals surface area contributed by atoms with E-state index in [9.17, 15) is 8.42 Å². The van der Waals surface area contributed by atoms with E-state index in [1.54, 1.807) is 0 Å². The van der Waals surface area contributed by atoms with E-state index in [-0.39, 0.29) is 22.9 Å². The number of ether oxygens (including phenoxy) is 1. The fourth-order valence-corrected chi connectivity index (χ4v) is 4.08. The molecule has 25 heavy (non-hydrogen) atoms. The van der Waals surface area contributed by atoms with Gasteiger partial charge in [0.1, 0.15) is 5.75 Å². The summed E-state index contributed by atoms with van der Waals surface area (Å²) in [6.07, 6.45) is 0.279. The normalized spacial score (nSPS) is 11.6. The van der Waals surface area contributed by atoms with Crippen molar-refractivity contribution in [3.8, 4) is 16.5 Å². The first kappa shape index (κ1) is 17.9. The van der Waals surface area contributed by atoms with E-state index >= 15 is 0 Å². The largest absolute Gasteiger partial charge is 0.495 e. The minimum atomic E-state index is -3.69. The smallest absolute Gasteiger partial charge is 0.240 e. The van der Waals surface area contributed by atoms with Crippen molar-refractivity contribution in [1.29, 1.82) is 0 Å². The van der Waals surface area contributed by atoms with E-state index in [2.05, 4.69) is 14.9 Å². The second-order valence-corrected chi connectivity index (χ2v) is 8.05. The van der Waals surface area contributed by atoms with Gasteiger partial charge in [-0.3, -0.25) is 0 Å². The number of halogens is 1. The first-order chi connectivity index (χ1) is 12.0. The van der Waals surface area contributed by atoms with Crippen molar-refractivity contribution in [2.24, 2.45) is 0 Å². The molecule has 10 heteroatoms. The molecule has 3 aromatic rings. The quantitative estimate of drug-likeness (QED) is 0.656. The molecule has 1 aromatic carbocycles. The van der Waals surface area contributed by atoms with Gasteiger partial charge < -0.3 is 9.26 Å². The van der Waals surface area contributed by atoms with Crippen LogP contribution in [-0.2, 0) is 16.4 Å². The summed E-state index contributed by atoms with van der Waals surface area (Å²) in [5.74, 6) is 1.27. The second-order valence-electron chi connectivity index (χ2n) is 4.93. The number of thiophene rings is 1. The Labute approximate surface area is 153 Å². The highest BCUT2D eigenvalue weighted by Gasteiger charge is 2.16. The van der Waals surface area contributed by atoms with Crippen molar-refractivity contribution in [2.75, 3.05) is 13.7 Å². The van der Waals surface area contributed by atoms with Gasteiger partial charge in [0, 0.05) is 13.0 Å². The SMILES string of the molecule is COc1ccc(S(=O)(=O)NCCc2nc(-c3cccs3)no2)cc1Cl. The van der Waals surface area contributed by atoms with Gasteiger partial charge in [0.15, 0.2) is 0 Å². The molecule has 0 bridgehead atoms. The van der Waals surface area contributed by atoms with Crippen molar-refractivity contribution in [3.63, 3.8) is 0 Å². The Balaban J connectivity index is 1.62. The minimum absolute atomic E-state index is 0.0584. The van der Waals surface area contributed by atoms with E-state index in [0.717, 1.165) is 4.88 Å². The lowest BCUT2D eigenvalue weighted by Crippen LogP contribution is -2.26. The molecular weight excluding hydrogens is 386 g/mol. The van der Waals surface area contributed by atoms with Gasteiger partial charge in [-0.1, -0.05) is 22.8 Å². The van der Waals surface area contributed by atoms with Crippen LogP contribution < -0.4 is 9.46 Å². The summed E-state index contributed by atoms with van der Waals surface area (Å²) in [5.41, 5.74) is 0. The maximum Gasteiger partial charge on any atom is 0.240 e. The van der Waals surface area contributed by atoms with Gasteiger partial charge in [0.2, 0.25) is 21.7 Å². The molecule has 0 atom stereocenters. The predicted octanol–water partition coefficient (Wildman–Crippen LogP) is 2.98. The Kier molecular flexibility index (Phi) is 5.38. The minimum Gasteiger partial charge on any atom is -0.495 e. The standard InChI is InChI=1S/C15H14ClN3O4S2/c1-22-12-5-4-10(9-11(12)16)25(20,21)17-7-6-14-18-15(19-23-14)13-3-2-8-24-13/h2-5,8-9,17H,6-7H2,1H3. The Bertz CT molecular complexity index is 955. The topological polar surface area (TPSA) is 94.3 Å². The number of sulfonamides is 1. The molecule has 0 spiro atoms. The van der Waals surface area contributed by atoms with Crippen LogP contribution in [-0.4, -0.2) is 32.2 Å². The molecule has 0 radical (unpaired) electrons. The number of nitrogens with one attached hydrogen (secondary N) is 1. The van der Waals surface area contributed by atoms with Crippen LogP contribution in [0, 0.1) is 0 Å². The maximum atomic E-state index is 12.3.